The average Bonchev–Trinajstić information content (AvgIpc) is 2.50. The Morgan fingerprint density at radius 1 is 1.10 bits per heavy atom. The molecule has 0 spiro atoms. The fourth-order valence-electron chi connectivity index (χ4n) is 2.00. The first-order chi connectivity index (χ1) is 10.1. The molecule has 2 rings (SSSR count). The lowest BCUT2D eigenvalue weighted by Crippen LogP contribution is -2.21. The van der Waals surface area contributed by atoms with Crippen LogP contribution in [0.3, 0.4) is 0 Å². The summed E-state index contributed by atoms with van der Waals surface area (Å²) in [6.07, 6.45) is 1.41. The van der Waals surface area contributed by atoms with E-state index in [2.05, 4.69) is 0 Å². The molecule has 0 radical (unpaired) electrons. The second-order valence-electron chi connectivity index (χ2n) is 4.90. The van der Waals surface area contributed by atoms with E-state index in [0.29, 0.717) is 17.9 Å². The molecule has 3 nitrogen and oxygen atoms in total. The third-order valence-corrected chi connectivity index (χ3v) is 3.32. The maximum atomic E-state index is 13.4. The topological polar surface area (TPSA) is 44.5 Å². The molecule has 0 aliphatic rings. The van der Waals surface area contributed by atoms with Crippen LogP contribution in [0.2, 0.25) is 0 Å². The van der Waals surface area contributed by atoms with Crippen LogP contribution < -0.4 is 15.2 Å². The van der Waals surface area contributed by atoms with Crippen LogP contribution in [-0.4, -0.2) is 13.2 Å². The van der Waals surface area contributed by atoms with Gasteiger partial charge in [0.1, 0.15) is 23.1 Å². The Bertz CT molecular complexity index is 584. The lowest BCUT2D eigenvalue weighted by Gasteiger charge is -2.14. The van der Waals surface area contributed by atoms with Crippen molar-refractivity contribution in [1.29, 1.82) is 0 Å². The third kappa shape index (κ3) is 4.20. The van der Waals surface area contributed by atoms with Crippen LogP contribution in [0.1, 0.15) is 18.9 Å². The Morgan fingerprint density at radius 3 is 2.38 bits per heavy atom. The molecular weight excluding hydrogens is 269 g/mol. The van der Waals surface area contributed by atoms with Gasteiger partial charge < -0.3 is 15.2 Å². The molecule has 0 aromatic heterocycles. The van der Waals surface area contributed by atoms with Gasteiger partial charge in [-0.25, -0.2) is 4.39 Å². The minimum Gasteiger partial charge on any atom is -0.497 e. The fourth-order valence-corrected chi connectivity index (χ4v) is 2.00. The Labute approximate surface area is 124 Å². The molecule has 0 heterocycles. The van der Waals surface area contributed by atoms with Gasteiger partial charge in [-0.05, 0) is 60.9 Å². The lowest BCUT2D eigenvalue weighted by molar-refractivity contribution is 0.412. The van der Waals surface area contributed by atoms with Crippen molar-refractivity contribution in [2.75, 3.05) is 7.11 Å². The van der Waals surface area contributed by atoms with Crippen LogP contribution in [0.25, 0.3) is 0 Å². The number of rotatable bonds is 6. The summed E-state index contributed by atoms with van der Waals surface area (Å²) in [5, 5.41) is 0. The van der Waals surface area contributed by atoms with Crippen LogP contribution in [0.4, 0.5) is 4.39 Å². The van der Waals surface area contributed by atoms with Crippen molar-refractivity contribution >= 4 is 0 Å². The van der Waals surface area contributed by atoms with Crippen molar-refractivity contribution in [3.05, 3.63) is 53.8 Å². The van der Waals surface area contributed by atoms with Gasteiger partial charge in [-0.3, -0.25) is 0 Å². The molecule has 1 unspecified atom stereocenters. The maximum Gasteiger partial charge on any atom is 0.130 e. The van der Waals surface area contributed by atoms with Crippen molar-refractivity contribution in [2.45, 2.75) is 25.8 Å². The van der Waals surface area contributed by atoms with E-state index in [-0.39, 0.29) is 11.9 Å². The van der Waals surface area contributed by atoms with Gasteiger partial charge in [-0.2, -0.15) is 0 Å². The van der Waals surface area contributed by atoms with E-state index in [4.69, 9.17) is 15.2 Å². The average molecular weight is 289 g/mol. The number of nitrogens with two attached hydrogens (primary N) is 1. The number of methoxy groups -OCH3 is 1. The summed E-state index contributed by atoms with van der Waals surface area (Å²) < 4.78 is 24.4. The standard InChI is InChI=1S/C17H20FNO2/c1-3-14(19)11-12-10-13(18)4-9-17(12)21-16-7-5-15(20-2)6-8-16/h4-10,14H,3,11,19H2,1-2H3. The largest absolute Gasteiger partial charge is 0.497 e. The summed E-state index contributed by atoms with van der Waals surface area (Å²) in [5.41, 5.74) is 6.74. The van der Waals surface area contributed by atoms with E-state index in [0.717, 1.165) is 17.7 Å². The summed E-state index contributed by atoms with van der Waals surface area (Å²) in [5.74, 6) is 1.78. The Balaban J connectivity index is 2.21. The van der Waals surface area contributed by atoms with Gasteiger partial charge in [0, 0.05) is 6.04 Å². The van der Waals surface area contributed by atoms with Crippen LogP contribution in [-0.2, 0) is 6.42 Å². The van der Waals surface area contributed by atoms with E-state index in [1.165, 1.54) is 12.1 Å². The number of hydrogen-bond acceptors (Lipinski definition) is 3. The molecule has 4 heteroatoms. The first-order valence-electron chi connectivity index (χ1n) is 6.98. The highest BCUT2D eigenvalue weighted by Crippen LogP contribution is 2.28. The van der Waals surface area contributed by atoms with Crippen LogP contribution in [0, 0.1) is 5.82 Å². The smallest absolute Gasteiger partial charge is 0.130 e. The zero-order valence-electron chi connectivity index (χ0n) is 12.3. The van der Waals surface area contributed by atoms with Crippen LogP contribution >= 0.6 is 0 Å². The molecule has 0 aliphatic carbocycles. The summed E-state index contributed by atoms with van der Waals surface area (Å²) in [4.78, 5) is 0. The van der Waals surface area contributed by atoms with Crippen LogP contribution in [0.5, 0.6) is 17.2 Å². The number of ether oxygens (including phenoxy) is 2. The van der Waals surface area contributed by atoms with Gasteiger partial charge in [0.2, 0.25) is 0 Å². The van der Waals surface area contributed by atoms with E-state index >= 15 is 0 Å². The molecular formula is C17H20FNO2. The normalized spacial score (nSPS) is 12.0. The van der Waals surface area contributed by atoms with Gasteiger partial charge in [0.15, 0.2) is 0 Å². The zero-order chi connectivity index (χ0) is 15.2. The van der Waals surface area contributed by atoms with Gasteiger partial charge >= 0.3 is 0 Å². The number of benzene rings is 2. The zero-order valence-corrected chi connectivity index (χ0v) is 12.3. The molecule has 0 saturated carbocycles. The van der Waals surface area contributed by atoms with Gasteiger partial charge in [0.25, 0.3) is 0 Å². The Hall–Kier alpha value is -2.07. The van der Waals surface area contributed by atoms with Crippen molar-refractivity contribution in [2.24, 2.45) is 5.73 Å². The SMILES string of the molecule is CCC(N)Cc1cc(F)ccc1Oc1ccc(OC)cc1. The highest BCUT2D eigenvalue weighted by molar-refractivity contribution is 5.40. The van der Waals surface area contributed by atoms with E-state index in [1.807, 2.05) is 31.2 Å². The molecule has 0 aliphatic heterocycles. The summed E-state index contributed by atoms with van der Waals surface area (Å²) in [6.45, 7) is 2.01. The monoisotopic (exact) mass is 289 g/mol. The molecule has 112 valence electrons. The lowest BCUT2D eigenvalue weighted by atomic mass is 10.0. The van der Waals surface area contributed by atoms with Crippen LogP contribution in [0.15, 0.2) is 42.5 Å². The second-order valence-corrected chi connectivity index (χ2v) is 4.90. The van der Waals surface area contributed by atoms with Crippen molar-refractivity contribution in [3.63, 3.8) is 0 Å². The van der Waals surface area contributed by atoms with Gasteiger partial charge in [-0.1, -0.05) is 6.92 Å². The molecule has 21 heavy (non-hydrogen) atoms. The quantitative estimate of drug-likeness (QED) is 0.877. The van der Waals surface area contributed by atoms with Crippen molar-refractivity contribution in [3.8, 4) is 17.2 Å². The molecule has 0 amide bonds. The summed E-state index contributed by atoms with van der Waals surface area (Å²) in [7, 11) is 1.61. The summed E-state index contributed by atoms with van der Waals surface area (Å²) in [6, 6.07) is 11.8. The predicted octanol–water partition coefficient (Wildman–Crippen LogP) is 3.91. The Morgan fingerprint density at radius 2 is 1.76 bits per heavy atom. The highest BCUT2D eigenvalue weighted by Gasteiger charge is 2.10. The highest BCUT2D eigenvalue weighted by atomic mass is 19.1. The molecule has 0 fully saturated rings. The predicted molar refractivity (Wildman–Crippen MR) is 81.4 cm³/mol. The van der Waals surface area contributed by atoms with E-state index in [9.17, 15) is 4.39 Å². The molecule has 2 aromatic rings. The van der Waals surface area contributed by atoms with E-state index < -0.39 is 0 Å². The third-order valence-electron chi connectivity index (χ3n) is 3.32. The maximum absolute atomic E-state index is 13.4. The van der Waals surface area contributed by atoms with Crippen molar-refractivity contribution in [1.82, 2.24) is 0 Å². The minimum absolute atomic E-state index is 0.00924. The molecule has 0 saturated heterocycles. The fraction of sp³-hybridized carbons (Fsp3) is 0.294. The molecule has 1 atom stereocenters. The Kier molecular flexibility index (Phi) is 5.17. The number of halogens is 1. The first kappa shape index (κ1) is 15.3. The van der Waals surface area contributed by atoms with E-state index in [1.54, 1.807) is 13.2 Å². The first-order valence-corrected chi connectivity index (χ1v) is 6.98. The molecule has 0 bridgehead atoms. The second kappa shape index (κ2) is 7.09. The molecule has 2 N–H and O–H groups in total. The minimum atomic E-state index is -0.282. The summed E-state index contributed by atoms with van der Waals surface area (Å²) >= 11 is 0. The van der Waals surface area contributed by atoms with Crippen molar-refractivity contribution < 1.29 is 13.9 Å². The van der Waals surface area contributed by atoms with Gasteiger partial charge in [-0.15, -0.1) is 0 Å². The molecule has 2 aromatic carbocycles. The van der Waals surface area contributed by atoms with Gasteiger partial charge in [0.05, 0.1) is 7.11 Å². The number of hydrogen-bond donors (Lipinski definition) is 1.